The molecule has 1 atom stereocenters. The van der Waals surface area contributed by atoms with Gasteiger partial charge >= 0.3 is 0 Å². The Morgan fingerprint density at radius 2 is 2.12 bits per heavy atom. The molecule has 0 fully saturated rings. The highest BCUT2D eigenvalue weighted by atomic mass is 16.5. The highest BCUT2D eigenvalue weighted by Gasteiger charge is 2.13. The van der Waals surface area contributed by atoms with Gasteiger partial charge in [0.15, 0.2) is 0 Å². The van der Waals surface area contributed by atoms with Gasteiger partial charge in [0.2, 0.25) is 0 Å². The van der Waals surface area contributed by atoms with E-state index in [0.717, 1.165) is 24.3 Å². The number of para-hydroxylation sites is 1. The van der Waals surface area contributed by atoms with Crippen LogP contribution in [0.25, 0.3) is 0 Å². The summed E-state index contributed by atoms with van der Waals surface area (Å²) >= 11 is 0. The number of nitriles is 1. The van der Waals surface area contributed by atoms with Gasteiger partial charge in [0.1, 0.15) is 11.8 Å². The van der Waals surface area contributed by atoms with Crippen molar-refractivity contribution in [2.45, 2.75) is 26.3 Å². The number of ether oxygens (including phenoxy) is 1. The maximum atomic E-state index is 9.13. The molecule has 0 radical (unpaired) electrons. The van der Waals surface area contributed by atoms with Crippen LogP contribution in [0.5, 0.6) is 5.75 Å². The first-order chi connectivity index (χ1) is 7.83. The summed E-state index contributed by atoms with van der Waals surface area (Å²) in [4.78, 5) is 0. The molecule has 3 nitrogen and oxygen atoms in total. The molecule has 0 saturated carbocycles. The fourth-order valence-electron chi connectivity index (χ4n) is 1.52. The number of benzene rings is 1. The molecule has 0 aliphatic rings. The summed E-state index contributed by atoms with van der Waals surface area (Å²) in [7, 11) is 0. The molecule has 1 aromatic carbocycles. The average molecular weight is 218 g/mol. The van der Waals surface area contributed by atoms with E-state index in [1.165, 1.54) is 0 Å². The molecule has 0 amide bonds. The SMILES string of the molecule is CCCNC(C#N)c1ccccc1OCC. The van der Waals surface area contributed by atoms with Crippen molar-refractivity contribution in [2.75, 3.05) is 13.2 Å². The molecular formula is C13H18N2O. The first-order valence-electron chi connectivity index (χ1n) is 5.68. The fraction of sp³-hybridized carbons (Fsp3) is 0.462. The van der Waals surface area contributed by atoms with E-state index >= 15 is 0 Å². The Kier molecular flexibility index (Phi) is 5.38. The summed E-state index contributed by atoms with van der Waals surface area (Å²) in [6.07, 6.45) is 1.01. The third-order valence-electron chi connectivity index (χ3n) is 2.26. The average Bonchev–Trinajstić information content (AvgIpc) is 2.32. The molecule has 1 N–H and O–H groups in total. The minimum atomic E-state index is -0.289. The van der Waals surface area contributed by atoms with E-state index in [9.17, 15) is 0 Å². The van der Waals surface area contributed by atoms with Gasteiger partial charge in [-0.05, 0) is 26.0 Å². The fourth-order valence-corrected chi connectivity index (χ4v) is 1.52. The molecule has 86 valence electrons. The van der Waals surface area contributed by atoms with E-state index in [1.807, 2.05) is 31.2 Å². The lowest BCUT2D eigenvalue weighted by atomic mass is 10.1. The Balaban J connectivity index is 2.86. The number of nitrogens with zero attached hydrogens (tertiary/aromatic N) is 1. The van der Waals surface area contributed by atoms with Gasteiger partial charge in [0.05, 0.1) is 12.7 Å². The lowest BCUT2D eigenvalue weighted by Gasteiger charge is -2.15. The Morgan fingerprint density at radius 3 is 2.75 bits per heavy atom. The molecule has 0 heterocycles. The van der Waals surface area contributed by atoms with Crippen molar-refractivity contribution in [1.29, 1.82) is 5.26 Å². The van der Waals surface area contributed by atoms with Crippen molar-refractivity contribution < 1.29 is 4.74 Å². The predicted molar refractivity (Wildman–Crippen MR) is 64.3 cm³/mol. The van der Waals surface area contributed by atoms with Crippen molar-refractivity contribution >= 4 is 0 Å². The van der Waals surface area contributed by atoms with Crippen LogP contribution in [0, 0.1) is 11.3 Å². The zero-order chi connectivity index (χ0) is 11.8. The molecule has 3 heteroatoms. The van der Waals surface area contributed by atoms with E-state index in [1.54, 1.807) is 0 Å². The molecule has 0 aliphatic heterocycles. The van der Waals surface area contributed by atoms with Crippen LogP contribution < -0.4 is 10.1 Å². The molecule has 0 spiro atoms. The van der Waals surface area contributed by atoms with Gasteiger partial charge in [0.25, 0.3) is 0 Å². The number of rotatable bonds is 6. The smallest absolute Gasteiger partial charge is 0.125 e. The van der Waals surface area contributed by atoms with Crippen molar-refractivity contribution in [1.82, 2.24) is 5.32 Å². The number of hydrogen-bond acceptors (Lipinski definition) is 3. The normalized spacial score (nSPS) is 11.8. The van der Waals surface area contributed by atoms with Crippen molar-refractivity contribution in [2.24, 2.45) is 0 Å². The van der Waals surface area contributed by atoms with Crippen LogP contribution in [0.1, 0.15) is 31.9 Å². The summed E-state index contributed by atoms with van der Waals surface area (Å²) in [6, 6.07) is 9.65. The first-order valence-corrected chi connectivity index (χ1v) is 5.68. The minimum absolute atomic E-state index is 0.289. The Morgan fingerprint density at radius 1 is 1.38 bits per heavy atom. The third kappa shape index (κ3) is 3.25. The van der Waals surface area contributed by atoms with Crippen LogP contribution in [0.15, 0.2) is 24.3 Å². The van der Waals surface area contributed by atoms with Gasteiger partial charge in [0, 0.05) is 5.56 Å². The predicted octanol–water partition coefficient (Wildman–Crippen LogP) is 2.65. The second-order valence-corrected chi connectivity index (χ2v) is 3.49. The quantitative estimate of drug-likeness (QED) is 0.798. The number of hydrogen-bond donors (Lipinski definition) is 1. The van der Waals surface area contributed by atoms with E-state index in [0.29, 0.717) is 6.61 Å². The minimum Gasteiger partial charge on any atom is -0.493 e. The molecular weight excluding hydrogens is 200 g/mol. The second kappa shape index (κ2) is 6.86. The van der Waals surface area contributed by atoms with Gasteiger partial charge in [-0.1, -0.05) is 25.1 Å². The van der Waals surface area contributed by atoms with Gasteiger partial charge < -0.3 is 4.74 Å². The lowest BCUT2D eigenvalue weighted by Crippen LogP contribution is -2.21. The molecule has 0 aromatic heterocycles. The molecule has 1 unspecified atom stereocenters. The largest absolute Gasteiger partial charge is 0.493 e. The van der Waals surface area contributed by atoms with Crippen LogP contribution in [0.4, 0.5) is 0 Å². The summed E-state index contributed by atoms with van der Waals surface area (Å²) in [5.41, 5.74) is 0.917. The van der Waals surface area contributed by atoms with Gasteiger partial charge in [-0.3, -0.25) is 5.32 Å². The van der Waals surface area contributed by atoms with Crippen molar-refractivity contribution in [3.8, 4) is 11.8 Å². The Labute approximate surface area is 97.0 Å². The molecule has 0 saturated heterocycles. The maximum Gasteiger partial charge on any atom is 0.125 e. The zero-order valence-electron chi connectivity index (χ0n) is 9.86. The highest BCUT2D eigenvalue weighted by Crippen LogP contribution is 2.24. The molecule has 16 heavy (non-hydrogen) atoms. The van der Waals surface area contributed by atoms with Crippen LogP contribution in [-0.4, -0.2) is 13.2 Å². The van der Waals surface area contributed by atoms with Crippen LogP contribution >= 0.6 is 0 Å². The summed E-state index contributed by atoms with van der Waals surface area (Å²) in [5, 5.41) is 12.3. The highest BCUT2D eigenvalue weighted by molar-refractivity contribution is 5.38. The molecule has 0 bridgehead atoms. The van der Waals surface area contributed by atoms with Gasteiger partial charge in [-0.25, -0.2) is 0 Å². The Hall–Kier alpha value is -1.53. The monoisotopic (exact) mass is 218 g/mol. The zero-order valence-corrected chi connectivity index (χ0v) is 9.86. The van der Waals surface area contributed by atoms with E-state index < -0.39 is 0 Å². The second-order valence-electron chi connectivity index (χ2n) is 3.49. The van der Waals surface area contributed by atoms with Gasteiger partial charge in [-0.15, -0.1) is 0 Å². The third-order valence-corrected chi connectivity index (χ3v) is 2.26. The molecule has 0 aliphatic carbocycles. The summed E-state index contributed by atoms with van der Waals surface area (Å²) in [6.45, 7) is 5.47. The first kappa shape index (κ1) is 12.5. The van der Waals surface area contributed by atoms with Crippen molar-refractivity contribution in [3.63, 3.8) is 0 Å². The molecule has 1 aromatic rings. The van der Waals surface area contributed by atoms with Gasteiger partial charge in [-0.2, -0.15) is 5.26 Å². The molecule has 1 rings (SSSR count). The van der Waals surface area contributed by atoms with E-state index in [2.05, 4.69) is 18.3 Å². The van der Waals surface area contributed by atoms with Crippen molar-refractivity contribution in [3.05, 3.63) is 29.8 Å². The topological polar surface area (TPSA) is 45.0 Å². The van der Waals surface area contributed by atoms with Crippen LogP contribution in [-0.2, 0) is 0 Å². The Bertz CT molecular complexity index is 357. The van der Waals surface area contributed by atoms with Crippen LogP contribution in [0.2, 0.25) is 0 Å². The maximum absolute atomic E-state index is 9.13. The van der Waals surface area contributed by atoms with E-state index in [-0.39, 0.29) is 6.04 Å². The van der Waals surface area contributed by atoms with Crippen LogP contribution in [0.3, 0.4) is 0 Å². The number of nitrogens with one attached hydrogen (secondary N) is 1. The summed E-state index contributed by atoms with van der Waals surface area (Å²) < 4.78 is 5.51. The standard InChI is InChI=1S/C13H18N2O/c1-3-9-15-12(10-14)11-7-5-6-8-13(11)16-4-2/h5-8,12,15H,3-4,9H2,1-2H3. The summed E-state index contributed by atoms with van der Waals surface area (Å²) in [5.74, 6) is 0.792. The van der Waals surface area contributed by atoms with E-state index in [4.69, 9.17) is 10.00 Å². The lowest BCUT2D eigenvalue weighted by molar-refractivity contribution is 0.334.